The summed E-state index contributed by atoms with van der Waals surface area (Å²) in [6.45, 7) is 0.386. The van der Waals surface area contributed by atoms with Gasteiger partial charge >= 0.3 is 0 Å². The molecule has 0 radical (unpaired) electrons. The largest absolute Gasteiger partial charge is 0.497 e. The van der Waals surface area contributed by atoms with Crippen molar-refractivity contribution >= 4 is 29.1 Å². The van der Waals surface area contributed by atoms with Gasteiger partial charge in [0.2, 0.25) is 11.8 Å². The van der Waals surface area contributed by atoms with E-state index >= 15 is 0 Å². The molecule has 0 aliphatic carbocycles. The minimum atomic E-state index is -0.347. The Labute approximate surface area is 138 Å². The first kappa shape index (κ1) is 16.0. The van der Waals surface area contributed by atoms with Gasteiger partial charge in [-0.3, -0.25) is 14.4 Å². The van der Waals surface area contributed by atoms with E-state index in [2.05, 4.69) is 15.8 Å². The van der Waals surface area contributed by atoms with Crippen molar-refractivity contribution in [1.29, 1.82) is 0 Å². The van der Waals surface area contributed by atoms with Crippen LogP contribution in [-0.2, 0) is 14.4 Å². The summed E-state index contributed by atoms with van der Waals surface area (Å²) in [6.07, 6.45) is 0.770. The van der Waals surface area contributed by atoms with E-state index in [-0.39, 0.29) is 42.3 Å². The average molecular weight is 330 g/mol. The van der Waals surface area contributed by atoms with Crippen molar-refractivity contribution in [3.8, 4) is 5.75 Å². The first-order chi connectivity index (χ1) is 11.6. The topological polar surface area (TPSA) is 100 Å². The lowest BCUT2D eigenvalue weighted by molar-refractivity contribution is -0.121. The highest BCUT2D eigenvalue weighted by Crippen LogP contribution is 2.25. The summed E-state index contributed by atoms with van der Waals surface area (Å²) in [5.74, 6) is 0.0552. The summed E-state index contributed by atoms with van der Waals surface area (Å²) in [6, 6.07) is 6.93. The number of hydrogen-bond donors (Lipinski definition) is 2. The van der Waals surface area contributed by atoms with Crippen LogP contribution in [0.15, 0.2) is 29.4 Å². The second-order valence-electron chi connectivity index (χ2n) is 5.67. The van der Waals surface area contributed by atoms with E-state index in [0.29, 0.717) is 18.7 Å². The van der Waals surface area contributed by atoms with Gasteiger partial charge in [0, 0.05) is 37.6 Å². The minimum Gasteiger partial charge on any atom is -0.497 e. The van der Waals surface area contributed by atoms with E-state index < -0.39 is 0 Å². The molecule has 2 N–H and O–H groups in total. The lowest BCUT2D eigenvalue weighted by Crippen LogP contribution is -2.43. The number of nitrogens with one attached hydrogen (secondary N) is 2. The first-order valence-electron chi connectivity index (χ1n) is 7.67. The van der Waals surface area contributed by atoms with E-state index in [1.807, 2.05) is 12.1 Å². The third kappa shape index (κ3) is 3.37. The number of benzene rings is 1. The van der Waals surface area contributed by atoms with Crippen LogP contribution in [0, 0.1) is 0 Å². The predicted molar refractivity (Wildman–Crippen MR) is 86.7 cm³/mol. The van der Waals surface area contributed by atoms with Gasteiger partial charge < -0.3 is 15.0 Å². The maximum Gasteiger partial charge on any atom is 0.267 e. The van der Waals surface area contributed by atoms with Gasteiger partial charge in [-0.1, -0.05) is 6.07 Å². The Bertz CT molecular complexity index is 716. The molecule has 0 bridgehead atoms. The van der Waals surface area contributed by atoms with E-state index in [0.717, 1.165) is 5.69 Å². The Morgan fingerprint density at radius 1 is 1.38 bits per heavy atom. The smallest absolute Gasteiger partial charge is 0.267 e. The van der Waals surface area contributed by atoms with Gasteiger partial charge in [0.25, 0.3) is 5.91 Å². The molecule has 3 rings (SSSR count). The number of hydrogen-bond acceptors (Lipinski definition) is 5. The molecule has 0 aromatic heterocycles. The number of rotatable bonds is 4. The second kappa shape index (κ2) is 6.69. The Morgan fingerprint density at radius 3 is 2.92 bits per heavy atom. The molecule has 1 fully saturated rings. The molecule has 1 saturated heterocycles. The lowest BCUT2D eigenvalue weighted by atomic mass is 10.1. The molecule has 126 valence electrons. The number of hydrazone groups is 1. The van der Waals surface area contributed by atoms with Crippen LogP contribution in [0.3, 0.4) is 0 Å². The molecular formula is C16H18N4O4. The number of ether oxygens (including phenoxy) is 1. The molecule has 8 nitrogen and oxygen atoms in total. The van der Waals surface area contributed by atoms with Crippen molar-refractivity contribution in [3.05, 3.63) is 24.3 Å². The van der Waals surface area contributed by atoms with Crippen molar-refractivity contribution in [2.75, 3.05) is 18.6 Å². The van der Waals surface area contributed by atoms with Crippen molar-refractivity contribution < 1.29 is 19.1 Å². The molecule has 1 aromatic rings. The van der Waals surface area contributed by atoms with Crippen LogP contribution in [-0.4, -0.2) is 43.1 Å². The van der Waals surface area contributed by atoms with E-state index in [1.54, 1.807) is 24.1 Å². The third-order valence-corrected chi connectivity index (χ3v) is 3.99. The number of anilines is 1. The zero-order valence-electron chi connectivity index (χ0n) is 13.2. The van der Waals surface area contributed by atoms with Gasteiger partial charge in [-0.2, -0.15) is 5.10 Å². The van der Waals surface area contributed by atoms with Crippen LogP contribution in [0.4, 0.5) is 5.69 Å². The first-order valence-corrected chi connectivity index (χ1v) is 7.67. The fourth-order valence-electron chi connectivity index (χ4n) is 2.74. The molecule has 0 spiro atoms. The number of carbonyl (C=O) groups excluding carboxylic acids is 3. The van der Waals surface area contributed by atoms with Gasteiger partial charge in [0.05, 0.1) is 13.2 Å². The summed E-state index contributed by atoms with van der Waals surface area (Å²) >= 11 is 0. The van der Waals surface area contributed by atoms with Gasteiger partial charge in [0.15, 0.2) is 0 Å². The van der Waals surface area contributed by atoms with Crippen LogP contribution < -0.4 is 20.4 Å². The maximum absolute atomic E-state index is 12.2. The predicted octanol–water partition coefficient (Wildman–Crippen LogP) is 0.183. The molecular weight excluding hydrogens is 312 g/mol. The molecule has 8 heteroatoms. The fraction of sp³-hybridized carbons (Fsp3) is 0.375. The molecule has 2 heterocycles. The number of nitrogens with zero attached hydrogens (tertiary/aromatic N) is 2. The van der Waals surface area contributed by atoms with Gasteiger partial charge in [-0.05, 0) is 12.1 Å². The monoisotopic (exact) mass is 330 g/mol. The van der Waals surface area contributed by atoms with Gasteiger partial charge in [0.1, 0.15) is 11.5 Å². The quantitative estimate of drug-likeness (QED) is 0.822. The molecule has 2 aliphatic rings. The van der Waals surface area contributed by atoms with Gasteiger partial charge in [-0.15, -0.1) is 0 Å². The summed E-state index contributed by atoms with van der Waals surface area (Å²) in [5, 5.41) is 6.57. The molecule has 1 atom stereocenters. The average Bonchev–Trinajstić information content (AvgIpc) is 2.95. The fourth-order valence-corrected chi connectivity index (χ4v) is 2.74. The lowest BCUT2D eigenvalue weighted by Gasteiger charge is -2.18. The molecule has 1 aromatic carbocycles. The highest BCUT2D eigenvalue weighted by atomic mass is 16.5. The Kier molecular flexibility index (Phi) is 4.45. The van der Waals surface area contributed by atoms with Gasteiger partial charge in [-0.25, -0.2) is 5.43 Å². The Balaban J connectivity index is 1.64. The third-order valence-electron chi connectivity index (χ3n) is 3.99. The van der Waals surface area contributed by atoms with Crippen LogP contribution >= 0.6 is 0 Å². The Hall–Kier alpha value is -2.90. The summed E-state index contributed by atoms with van der Waals surface area (Å²) in [5.41, 5.74) is 3.31. The molecule has 3 amide bonds. The van der Waals surface area contributed by atoms with Crippen LogP contribution in [0.25, 0.3) is 0 Å². The van der Waals surface area contributed by atoms with Crippen molar-refractivity contribution in [2.24, 2.45) is 5.10 Å². The van der Waals surface area contributed by atoms with E-state index in [9.17, 15) is 14.4 Å². The van der Waals surface area contributed by atoms with Crippen LogP contribution in [0.5, 0.6) is 5.75 Å². The number of carbonyl (C=O) groups is 3. The van der Waals surface area contributed by atoms with Crippen molar-refractivity contribution in [3.63, 3.8) is 0 Å². The summed E-state index contributed by atoms with van der Waals surface area (Å²) < 4.78 is 5.17. The number of methoxy groups -OCH3 is 1. The molecule has 2 aliphatic heterocycles. The van der Waals surface area contributed by atoms with Crippen molar-refractivity contribution in [1.82, 2.24) is 10.7 Å². The second-order valence-corrected chi connectivity index (χ2v) is 5.67. The highest BCUT2D eigenvalue weighted by Gasteiger charge is 2.32. The van der Waals surface area contributed by atoms with E-state index in [1.165, 1.54) is 0 Å². The standard InChI is InChI=1S/C16H18N4O4/c1-24-12-4-2-3-11(8-12)20-9-10(7-15(20)22)17-16(23)13-5-6-14(21)19-18-13/h2-4,8,10H,5-7,9H2,1H3,(H,17,23)(H,19,21)/t10-/m1/s1. The number of amides is 3. The zero-order chi connectivity index (χ0) is 17.1. The zero-order valence-corrected chi connectivity index (χ0v) is 13.2. The summed E-state index contributed by atoms with van der Waals surface area (Å²) in [7, 11) is 1.57. The normalized spacial score (nSPS) is 20.5. The van der Waals surface area contributed by atoms with E-state index in [4.69, 9.17) is 4.74 Å². The Morgan fingerprint density at radius 2 is 2.21 bits per heavy atom. The molecule has 0 saturated carbocycles. The maximum atomic E-state index is 12.2. The highest BCUT2D eigenvalue weighted by molar-refractivity contribution is 6.39. The molecule has 0 unspecified atom stereocenters. The van der Waals surface area contributed by atoms with Crippen LogP contribution in [0.1, 0.15) is 19.3 Å². The SMILES string of the molecule is COc1cccc(N2C[C@H](NC(=O)C3=NNC(=O)CC3)CC2=O)c1. The summed E-state index contributed by atoms with van der Waals surface area (Å²) in [4.78, 5) is 37.1. The van der Waals surface area contributed by atoms with Crippen molar-refractivity contribution in [2.45, 2.75) is 25.3 Å². The minimum absolute atomic E-state index is 0.0626. The van der Waals surface area contributed by atoms with Crippen LogP contribution in [0.2, 0.25) is 0 Å². The molecule has 24 heavy (non-hydrogen) atoms.